The minimum Gasteiger partial charge on any atom is -0.194 e. The Balaban J connectivity index is 4.07. The van der Waals surface area contributed by atoms with Crippen LogP contribution in [0.1, 0.15) is 0 Å². The van der Waals surface area contributed by atoms with E-state index in [1.807, 2.05) is 0 Å². The average molecular weight is 262 g/mol. The first-order chi connectivity index (χ1) is 3.71. The fourth-order valence-corrected chi connectivity index (χ4v) is 19.1. The van der Waals surface area contributed by atoms with Gasteiger partial charge in [-0.3, -0.25) is 0 Å². The molecule has 0 aromatic carbocycles. The van der Waals surface area contributed by atoms with Crippen molar-refractivity contribution in [1.29, 1.82) is 0 Å². The molecule has 0 heterocycles. The lowest BCUT2D eigenvalue weighted by Crippen LogP contribution is -1.45. The molecule has 0 fully saturated rings. The van der Waals surface area contributed by atoms with Gasteiger partial charge in [0.2, 0.25) is 9.50 Å². The molecule has 2 unspecified atom stereocenters. The molecule has 0 bridgehead atoms. The van der Waals surface area contributed by atoms with E-state index in [4.69, 9.17) is 0 Å². The van der Waals surface area contributed by atoms with Crippen molar-refractivity contribution < 1.29 is 8.39 Å². The predicted molar refractivity (Wildman–Crippen MR) is 56.3 cm³/mol. The molecule has 2 atom stereocenters. The summed E-state index contributed by atoms with van der Waals surface area (Å²) in [5, 5.41) is 0. The third kappa shape index (κ3) is 10.2. The quantitative estimate of drug-likeness (QED) is 0.571. The van der Waals surface area contributed by atoms with Gasteiger partial charge in [0.25, 0.3) is 0 Å². The van der Waals surface area contributed by atoms with Crippen molar-refractivity contribution in [2.75, 3.05) is 0 Å². The van der Waals surface area contributed by atoms with E-state index in [1.54, 1.807) is 0 Å². The molecule has 0 radical (unpaired) electrons. The Labute approximate surface area is 76.6 Å². The molecule has 0 amide bonds. The van der Waals surface area contributed by atoms with Gasteiger partial charge in [-0.15, -0.1) is 0 Å². The summed E-state index contributed by atoms with van der Waals surface area (Å²) in [6.07, 6.45) is 0. The fraction of sp³-hybridized carbons (Fsp3) is 0. The highest BCUT2D eigenvalue weighted by molar-refractivity contribution is 9.20. The average Bonchev–Trinajstić information content (AvgIpc) is 1.14. The lowest BCUT2D eigenvalue weighted by molar-refractivity contribution is 0.926. The molecule has 0 nitrogen and oxygen atoms in total. The van der Waals surface area contributed by atoms with Crippen molar-refractivity contribution in [1.82, 2.24) is 0 Å². The van der Waals surface area contributed by atoms with Crippen LogP contribution in [-0.2, 0) is 23.6 Å². The van der Waals surface area contributed by atoms with E-state index >= 15 is 0 Å². The van der Waals surface area contributed by atoms with Gasteiger partial charge in [-0.1, -0.05) is 24.5 Å². The summed E-state index contributed by atoms with van der Waals surface area (Å²) in [6.45, 7) is 0. The molecule has 0 aromatic rings. The van der Waals surface area contributed by atoms with Crippen molar-refractivity contribution in [2.45, 2.75) is 0 Å². The lowest BCUT2D eigenvalue weighted by Gasteiger charge is -2.05. The third-order valence-corrected chi connectivity index (χ3v) is 13.0. The number of rotatable bonds is 2. The van der Waals surface area contributed by atoms with Gasteiger partial charge in [0.1, 0.15) is 0 Å². The Bertz CT molecular complexity index is 153. The molecule has 9 heavy (non-hydrogen) atoms. The Kier molecular flexibility index (Phi) is 4.66. The molecule has 0 saturated heterocycles. The first kappa shape index (κ1) is 11.2. The minimum atomic E-state index is -3.35. The SMILES string of the molecule is FP(=S)(S)SP(F)(=S)S. The minimum absolute atomic E-state index is 0.261. The van der Waals surface area contributed by atoms with Crippen LogP contribution in [0.3, 0.4) is 0 Å². The second-order valence-corrected chi connectivity index (χ2v) is 18.9. The van der Waals surface area contributed by atoms with Crippen LogP contribution >= 0.6 is 45.0 Å². The molecule has 0 aliphatic carbocycles. The highest BCUT2D eigenvalue weighted by Gasteiger charge is 2.21. The summed E-state index contributed by atoms with van der Waals surface area (Å²) in [4.78, 5) is 0. The van der Waals surface area contributed by atoms with Crippen LogP contribution in [0.5, 0.6) is 0 Å². The van der Waals surface area contributed by atoms with Crippen molar-refractivity contribution >= 4 is 68.6 Å². The molecule has 0 spiro atoms. The van der Waals surface area contributed by atoms with Crippen LogP contribution in [0.4, 0.5) is 8.39 Å². The zero-order valence-electron chi connectivity index (χ0n) is 3.77. The Morgan fingerprint density at radius 1 is 1.11 bits per heavy atom. The highest BCUT2D eigenvalue weighted by atomic mass is 33.5. The van der Waals surface area contributed by atoms with E-state index in [-0.39, 0.29) is 11.0 Å². The summed E-state index contributed by atoms with van der Waals surface area (Å²) in [5.41, 5.74) is 0. The van der Waals surface area contributed by atoms with Crippen LogP contribution in [-0.4, -0.2) is 0 Å². The summed E-state index contributed by atoms with van der Waals surface area (Å²) in [6, 6.07) is 0. The van der Waals surface area contributed by atoms with Gasteiger partial charge >= 0.3 is 0 Å². The highest BCUT2D eigenvalue weighted by Crippen LogP contribution is 2.83. The van der Waals surface area contributed by atoms with E-state index in [2.05, 4.69) is 48.1 Å². The van der Waals surface area contributed by atoms with E-state index in [0.717, 1.165) is 0 Å². The van der Waals surface area contributed by atoms with Gasteiger partial charge in [0.15, 0.2) is 0 Å². The number of thiol groups is 2. The fourth-order valence-electron chi connectivity index (χ4n) is 0.124. The van der Waals surface area contributed by atoms with E-state index in [1.165, 1.54) is 0 Å². The molecule has 0 aliphatic rings. The molecule has 0 rings (SSSR count). The van der Waals surface area contributed by atoms with Gasteiger partial charge in [-0.25, -0.2) is 0 Å². The summed E-state index contributed by atoms with van der Waals surface area (Å²) < 4.78 is 17.9. The van der Waals surface area contributed by atoms with Gasteiger partial charge < -0.3 is 0 Å². The van der Waals surface area contributed by atoms with E-state index < -0.39 is 9.50 Å². The normalized spacial score (nSPS) is 24.4. The maximum absolute atomic E-state index is 12.3. The van der Waals surface area contributed by atoms with Gasteiger partial charge in [0, 0.05) is 0 Å². The van der Waals surface area contributed by atoms with E-state index in [0.29, 0.717) is 0 Å². The third-order valence-electron chi connectivity index (χ3n) is 0.201. The summed E-state index contributed by atoms with van der Waals surface area (Å²) in [7, 11) is 0. The second-order valence-electron chi connectivity index (χ2n) is 0.985. The summed E-state index contributed by atoms with van der Waals surface area (Å²) >= 11 is 15.3. The maximum Gasteiger partial charge on any atom is 0.224 e. The zero-order chi connectivity index (χ0) is 7.71. The Hall–Kier alpha value is 2.21. The summed E-state index contributed by atoms with van der Waals surface area (Å²) in [5.74, 6) is 0. The number of halogens is 2. The van der Waals surface area contributed by atoms with Crippen LogP contribution in [0.25, 0.3) is 0 Å². The smallest absolute Gasteiger partial charge is 0.194 e. The lowest BCUT2D eigenvalue weighted by atomic mass is 18.9. The van der Waals surface area contributed by atoms with Gasteiger partial charge in [-0.2, -0.15) is 8.39 Å². The van der Waals surface area contributed by atoms with Gasteiger partial charge in [0.05, 0.1) is 0 Å². The molecule has 56 valence electrons. The standard InChI is InChI=1S/F2H2P2S5/c1-3(5,6)9-4(2,7)8/h(H,5,6)(H,7,8). The Morgan fingerprint density at radius 2 is 1.33 bits per heavy atom. The topological polar surface area (TPSA) is 0 Å². The molecule has 0 aromatic heterocycles. The van der Waals surface area contributed by atoms with Crippen LogP contribution in [0.15, 0.2) is 0 Å². The van der Waals surface area contributed by atoms with E-state index in [9.17, 15) is 8.39 Å². The number of hydrogen-bond donors (Lipinski definition) is 2. The van der Waals surface area contributed by atoms with Crippen molar-refractivity contribution in [3.63, 3.8) is 0 Å². The Morgan fingerprint density at radius 3 is 1.33 bits per heavy atom. The molecule has 0 saturated carbocycles. The van der Waals surface area contributed by atoms with Crippen LogP contribution in [0.2, 0.25) is 0 Å². The van der Waals surface area contributed by atoms with Gasteiger partial charge in [-0.05, 0) is 34.6 Å². The molecule has 0 N–H and O–H groups in total. The largest absolute Gasteiger partial charge is 0.224 e. The molecule has 0 aliphatic heterocycles. The molecular formula is H2F2P2S5. The molecule has 9 heteroatoms. The first-order valence-electron chi connectivity index (χ1n) is 1.47. The number of hydrogen-bond acceptors (Lipinski definition) is 3. The monoisotopic (exact) mass is 262 g/mol. The van der Waals surface area contributed by atoms with Crippen molar-refractivity contribution in [3.05, 3.63) is 0 Å². The van der Waals surface area contributed by atoms with Crippen LogP contribution < -0.4 is 0 Å². The van der Waals surface area contributed by atoms with Crippen LogP contribution in [0, 0.1) is 0 Å². The van der Waals surface area contributed by atoms with Crippen molar-refractivity contribution in [3.8, 4) is 0 Å². The predicted octanol–water partition coefficient (Wildman–Crippen LogP) is 3.97. The first-order valence-corrected chi connectivity index (χ1v) is 11.2. The maximum atomic E-state index is 12.3. The second kappa shape index (κ2) is 3.74. The van der Waals surface area contributed by atoms with Crippen molar-refractivity contribution in [2.24, 2.45) is 0 Å². The zero-order valence-corrected chi connectivity index (χ0v) is 9.80. The molecular weight excluding hydrogens is 260 g/mol.